The summed E-state index contributed by atoms with van der Waals surface area (Å²) < 4.78 is 48.3. The van der Waals surface area contributed by atoms with E-state index in [1.165, 1.54) is 12.5 Å². The van der Waals surface area contributed by atoms with Gasteiger partial charge in [-0.2, -0.15) is 13.2 Å². The Morgan fingerprint density at radius 3 is 2.50 bits per heavy atom. The zero-order chi connectivity index (χ0) is 26.1. The molecule has 3 aliphatic rings. The lowest BCUT2D eigenvalue weighted by Crippen LogP contribution is -2.47. The second-order valence-corrected chi connectivity index (χ2v) is 9.17. The molecule has 0 bridgehead atoms. The van der Waals surface area contributed by atoms with Crippen LogP contribution in [-0.2, 0) is 26.3 Å². The number of aliphatic carboxylic acids is 1. The number of likely N-dealkylation sites (tertiary alicyclic amines) is 1. The highest BCUT2D eigenvalue weighted by Crippen LogP contribution is 2.40. The van der Waals surface area contributed by atoms with E-state index in [9.17, 15) is 18.0 Å². The number of halogens is 3. The number of amides is 1. The number of fused-ring (bicyclic) bond motifs is 2. The van der Waals surface area contributed by atoms with Crippen LogP contribution in [0, 0.1) is 0 Å². The van der Waals surface area contributed by atoms with Gasteiger partial charge in [-0.1, -0.05) is 5.16 Å². The van der Waals surface area contributed by atoms with E-state index in [4.69, 9.17) is 28.9 Å². The molecule has 11 nitrogen and oxygen atoms in total. The van der Waals surface area contributed by atoms with Gasteiger partial charge in [-0.05, 0) is 20.3 Å². The van der Waals surface area contributed by atoms with Crippen LogP contribution in [-0.4, -0.2) is 88.2 Å². The Labute approximate surface area is 204 Å². The summed E-state index contributed by atoms with van der Waals surface area (Å²) in [6.45, 7) is 7.96. The maximum absolute atomic E-state index is 12.8. The van der Waals surface area contributed by atoms with E-state index >= 15 is 0 Å². The molecule has 1 amide bonds. The number of rotatable bonds is 2. The van der Waals surface area contributed by atoms with Crippen molar-refractivity contribution in [1.29, 1.82) is 0 Å². The zero-order valence-electron chi connectivity index (χ0n) is 19.7. The fraction of sp³-hybridized carbons (Fsp3) is 0.591. The van der Waals surface area contributed by atoms with Crippen LogP contribution in [0.4, 0.5) is 19.1 Å². The number of alkyl halides is 3. The first kappa shape index (κ1) is 25.8. The predicted octanol–water partition coefficient (Wildman–Crippen LogP) is 2.03. The highest BCUT2D eigenvalue weighted by atomic mass is 19.4. The molecule has 5 rings (SSSR count). The summed E-state index contributed by atoms with van der Waals surface area (Å²) in [5.41, 5.74) is 2.19. The number of ether oxygens (including phenoxy) is 2. The number of carboxylic acids is 1. The lowest BCUT2D eigenvalue weighted by molar-refractivity contribution is -0.192. The molecule has 0 saturated carbocycles. The van der Waals surface area contributed by atoms with E-state index in [2.05, 4.69) is 28.9 Å². The lowest BCUT2D eigenvalue weighted by Gasteiger charge is -2.38. The van der Waals surface area contributed by atoms with Crippen LogP contribution in [0.3, 0.4) is 0 Å². The molecule has 36 heavy (non-hydrogen) atoms. The molecule has 5 heterocycles. The Morgan fingerprint density at radius 2 is 1.89 bits per heavy atom. The van der Waals surface area contributed by atoms with Gasteiger partial charge < -0.3 is 28.9 Å². The number of anilines is 1. The van der Waals surface area contributed by atoms with Crippen LogP contribution in [0.1, 0.15) is 41.9 Å². The summed E-state index contributed by atoms with van der Waals surface area (Å²) in [6.07, 6.45) is 0.731. The van der Waals surface area contributed by atoms with E-state index < -0.39 is 12.1 Å². The lowest BCUT2D eigenvalue weighted by atomic mass is 9.80. The van der Waals surface area contributed by atoms with Gasteiger partial charge in [0.1, 0.15) is 6.26 Å². The Balaban J connectivity index is 0.000000384. The van der Waals surface area contributed by atoms with Crippen molar-refractivity contribution in [2.75, 3.05) is 37.7 Å². The summed E-state index contributed by atoms with van der Waals surface area (Å²) >= 11 is 0. The molecular weight excluding hydrogens is 487 g/mol. The number of carboxylic acid groups (broad SMARTS) is 1. The Kier molecular flexibility index (Phi) is 7.18. The van der Waals surface area contributed by atoms with Crippen molar-refractivity contribution in [2.24, 2.45) is 0 Å². The van der Waals surface area contributed by atoms with Gasteiger partial charge in [0, 0.05) is 37.9 Å². The molecule has 0 radical (unpaired) electrons. The Bertz CT molecular complexity index is 1090. The molecule has 2 aromatic rings. The highest BCUT2D eigenvalue weighted by molar-refractivity contribution is 5.93. The average Bonchev–Trinajstić information content (AvgIpc) is 3.49. The van der Waals surface area contributed by atoms with Crippen LogP contribution < -0.4 is 4.90 Å². The van der Waals surface area contributed by atoms with Gasteiger partial charge in [-0.15, -0.1) is 0 Å². The van der Waals surface area contributed by atoms with Crippen LogP contribution in [0.5, 0.6) is 0 Å². The minimum absolute atomic E-state index is 0.0691. The summed E-state index contributed by atoms with van der Waals surface area (Å²) in [4.78, 5) is 35.3. The molecule has 2 fully saturated rings. The molecule has 1 spiro atoms. The largest absolute Gasteiger partial charge is 0.490 e. The van der Waals surface area contributed by atoms with Gasteiger partial charge >= 0.3 is 12.1 Å². The third kappa shape index (κ3) is 5.43. The van der Waals surface area contributed by atoms with Crippen molar-refractivity contribution >= 4 is 17.8 Å². The molecule has 2 unspecified atom stereocenters. The van der Waals surface area contributed by atoms with Crippen LogP contribution in [0.15, 0.2) is 23.2 Å². The first-order valence-corrected chi connectivity index (χ1v) is 11.3. The van der Waals surface area contributed by atoms with Crippen LogP contribution in [0.25, 0.3) is 0 Å². The average molecular weight is 513 g/mol. The maximum Gasteiger partial charge on any atom is 0.490 e. The summed E-state index contributed by atoms with van der Waals surface area (Å²) in [5, 5.41) is 10.8. The molecule has 14 heteroatoms. The molecular formula is C22H26F3N5O6. The fourth-order valence-electron chi connectivity index (χ4n) is 4.73. The minimum Gasteiger partial charge on any atom is -0.475 e. The predicted molar refractivity (Wildman–Crippen MR) is 116 cm³/mol. The van der Waals surface area contributed by atoms with Crippen LogP contribution >= 0.6 is 0 Å². The number of nitrogens with zero attached hydrogens (tertiary/aromatic N) is 5. The van der Waals surface area contributed by atoms with Crippen molar-refractivity contribution in [1.82, 2.24) is 20.0 Å². The number of aromatic nitrogens is 3. The van der Waals surface area contributed by atoms with E-state index in [0.29, 0.717) is 31.9 Å². The van der Waals surface area contributed by atoms with E-state index in [1.54, 1.807) is 0 Å². The molecule has 2 saturated heterocycles. The third-order valence-electron chi connectivity index (χ3n) is 6.26. The van der Waals surface area contributed by atoms with Gasteiger partial charge in [0.25, 0.3) is 5.91 Å². The van der Waals surface area contributed by atoms with Gasteiger partial charge in [-0.3, -0.25) is 4.79 Å². The quantitative estimate of drug-likeness (QED) is 0.636. The normalized spacial score (nSPS) is 25.8. The van der Waals surface area contributed by atoms with Crippen molar-refractivity contribution in [2.45, 2.75) is 50.7 Å². The molecule has 2 aromatic heterocycles. The monoisotopic (exact) mass is 513 g/mol. The van der Waals surface area contributed by atoms with Crippen LogP contribution in [0.2, 0.25) is 0 Å². The summed E-state index contributed by atoms with van der Waals surface area (Å²) in [7, 11) is 0. The Hall–Kier alpha value is -3.26. The molecule has 0 aromatic carbocycles. The van der Waals surface area contributed by atoms with Crippen molar-refractivity contribution in [3.05, 3.63) is 35.5 Å². The van der Waals surface area contributed by atoms with Crippen molar-refractivity contribution in [3.8, 4) is 0 Å². The standard InChI is InChI=1S/C20H25N5O4.C2HF3O2/c1-13-7-25(8-14(2)29-13)19-21-5-15-9-27-12-20(17(15)23-19)3-4-24(11-20)18(26)16-6-22-28-10-16;3-2(4,5)1(6)7/h5-6,10,13-14H,3-4,7-9,11-12H2,1-2H3;(H,6,7)/t13?,14?,20-;/m0./s1. The summed E-state index contributed by atoms with van der Waals surface area (Å²) in [5.74, 6) is -2.09. The first-order valence-electron chi connectivity index (χ1n) is 11.3. The van der Waals surface area contributed by atoms with Gasteiger partial charge in [0.15, 0.2) is 0 Å². The molecule has 1 N–H and O–H groups in total. The van der Waals surface area contributed by atoms with Crippen molar-refractivity contribution < 1.29 is 41.9 Å². The van der Waals surface area contributed by atoms with E-state index in [1.807, 2.05) is 11.1 Å². The third-order valence-corrected chi connectivity index (χ3v) is 6.26. The second-order valence-electron chi connectivity index (χ2n) is 9.17. The first-order chi connectivity index (χ1) is 17.0. The molecule has 196 valence electrons. The number of carbonyl (C=O) groups is 2. The minimum atomic E-state index is -5.08. The second kappa shape index (κ2) is 10.0. The van der Waals surface area contributed by atoms with Gasteiger partial charge in [-0.25, -0.2) is 14.8 Å². The summed E-state index contributed by atoms with van der Waals surface area (Å²) in [6, 6.07) is 0. The van der Waals surface area contributed by atoms with E-state index in [0.717, 1.165) is 36.7 Å². The molecule has 0 aliphatic carbocycles. The molecule has 3 atom stereocenters. The van der Waals surface area contributed by atoms with E-state index in [-0.39, 0.29) is 23.5 Å². The number of hydrogen-bond acceptors (Lipinski definition) is 9. The SMILES string of the molecule is CC1CN(c2ncc3c(n2)[C@]2(CCN(C(=O)c4cnoc4)C2)COC3)CC(C)O1.O=C(O)C(F)(F)F. The fourth-order valence-corrected chi connectivity index (χ4v) is 4.73. The smallest absolute Gasteiger partial charge is 0.475 e. The van der Waals surface area contributed by atoms with Gasteiger partial charge in [0.2, 0.25) is 5.95 Å². The number of morpholine rings is 1. The maximum atomic E-state index is 12.8. The zero-order valence-corrected chi connectivity index (χ0v) is 19.7. The number of hydrogen-bond donors (Lipinski definition) is 1. The topological polar surface area (TPSA) is 131 Å². The Morgan fingerprint density at radius 1 is 1.19 bits per heavy atom. The number of carbonyl (C=O) groups excluding carboxylic acids is 1. The van der Waals surface area contributed by atoms with Crippen molar-refractivity contribution in [3.63, 3.8) is 0 Å². The highest BCUT2D eigenvalue weighted by Gasteiger charge is 2.47. The van der Waals surface area contributed by atoms with Gasteiger partial charge in [0.05, 0.1) is 48.3 Å². The molecule has 3 aliphatic heterocycles.